The molecule has 0 spiro atoms. The average Bonchev–Trinajstić information content (AvgIpc) is 3.18. The molecule has 4 nitrogen and oxygen atoms in total. The number of rotatable bonds is 2. The maximum Gasteiger partial charge on any atom is 0.258 e. The van der Waals surface area contributed by atoms with E-state index in [-0.39, 0.29) is 0 Å². The molecule has 1 saturated heterocycles. The van der Waals surface area contributed by atoms with Crippen LogP contribution in [0.1, 0.15) is 29.5 Å². The molecule has 4 rings (SSSR count). The number of nitrogens with one attached hydrogen (secondary N) is 1. The van der Waals surface area contributed by atoms with E-state index in [1.165, 1.54) is 23.4 Å². The molecule has 1 fully saturated rings. The van der Waals surface area contributed by atoms with Crippen molar-refractivity contribution in [3.8, 4) is 11.5 Å². The fraction of sp³-hybridized carbons (Fsp3) is 0.429. The highest BCUT2D eigenvalue weighted by molar-refractivity contribution is 7.99. The molecular formula is C14H15N3OS. The van der Waals surface area contributed by atoms with E-state index in [4.69, 9.17) is 4.52 Å². The fourth-order valence-electron chi connectivity index (χ4n) is 2.69. The number of anilines is 1. The molecule has 19 heavy (non-hydrogen) atoms. The lowest BCUT2D eigenvalue weighted by Crippen LogP contribution is -1.92. The van der Waals surface area contributed by atoms with Crippen LogP contribution in [0.25, 0.3) is 11.5 Å². The summed E-state index contributed by atoms with van der Waals surface area (Å²) in [5, 5.41) is 7.94. The van der Waals surface area contributed by atoms with E-state index < -0.39 is 0 Å². The number of benzene rings is 1. The summed E-state index contributed by atoms with van der Waals surface area (Å²) in [6.45, 7) is 1.02. The van der Waals surface area contributed by atoms with Crippen LogP contribution in [0.4, 0.5) is 5.69 Å². The summed E-state index contributed by atoms with van der Waals surface area (Å²) in [5.41, 5.74) is 3.58. The van der Waals surface area contributed by atoms with Crippen molar-refractivity contribution in [2.45, 2.75) is 24.5 Å². The molecule has 1 N–H and O–H groups in total. The number of nitrogens with zero attached hydrogens (tertiary/aromatic N) is 2. The standard InChI is InChI=1S/C14H15N3OS/c1-2-12(19-7-1)13-16-14(18-17-13)10-4-3-9-5-6-15-11(9)8-10/h3-4,8,12,15H,1-2,5-7H2. The van der Waals surface area contributed by atoms with E-state index in [0.717, 1.165) is 30.8 Å². The molecule has 0 saturated carbocycles. The Morgan fingerprint density at radius 2 is 2.37 bits per heavy atom. The molecule has 0 bridgehead atoms. The third kappa shape index (κ3) is 2.02. The normalized spacial score (nSPS) is 21.4. The lowest BCUT2D eigenvalue weighted by atomic mass is 10.1. The molecule has 0 radical (unpaired) electrons. The van der Waals surface area contributed by atoms with Gasteiger partial charge < -0.3 is 9.84 Å². The predicted octanol–water partition coefficient (Wildman–Crippen LogP) is 3.27. The first kappa shape index (κ1) is 11.3. The van der Waals surface area contributed by atoms with Gasteiger partial charge in [-0.2, -0.15) is 16.7 Å². The highest BCUT2D eigenvalue weighted by atomic mass is 32.2. The number of fused-ring (bicyclic) bond motifs is 1. The first-order chi connectivity index (χ1) is 9.40. The van der Waals surface area contributed by atoms with Gasteiger partial charge in [-0.25, -0.2) is 0 Å². The summed E-state index contributed by atoms with van der Waals surface area (Å²) in [4.78, 5) is 4.56. The second-order valence-electron chi connectivity index (χ2n) is 5.01. The molecule has 2 aliphatic heterocycles. The SMILES string of the molecule is c1cc2c(cc1-c1nc(C3CCCS3)no1)NCC2. The zero-order chi connectivity index (χ0) is 12.7. The monoisotopic (exact) mass is 273 g/mol. The van der Waals surface area contributed by atoms with Gasteiger partial charge in [-0.3, -0.25) is 0 Å². The van der Waals surface area contributed by atoms with E-state index in [1.807, 2.05) is 11.8 Å². The van der Waals surface area contributed by atoms with E-state index >= 15 is 0 Å². The molecule has 1 atom stereocenters. The van der Waals surface area contributed by atoms with Gasteiger partial charge in [0.1, 0.15) is 0 Å². The van der Waals surface area contributed by atoms with Gasteiger partial charge in [-0.1, -0.05) is 11.2 Å². The van der Waals surface area contributed by atoms with Gasteiger partial charge in [0.05, 0.1) is 5.25 Å². The van der Waals surface area contributed by atoms with Crippen molar-refractivity contribution in [1.29, 1.82) is 0 Å². The van der Waals surface area contributed by atoms with Crippen LogP contribution in [-0.4, -0.2) is 22.4 Å². The smallest absolute Gasteiger partial charge is 0.258 e. The van der Waals surface area contributed by atoms with E-state index in [2.05, 4.69) is 33.7 Å². The zero-order valence-corrected chi connectivity index (χ0v) is 11.4. The Morgan fingerprint density at radius 1 is 1.37 bits per heavy atom. The van der Waals surface area contributed by atoms with Crippen LogP contribution in [0.5, 0.6) is 0 Å². The topological polar surface area (TPSA) is 51.0 Å². The Kier molecular flexibility index (Phi) is 2.72. The number of thioether (sulfide) groups is 1. The summed E-state index contributed by atoms with van der Waals surface area (Å²) in [5.74, 6) is 2.70. The summed E-state index contributed by atoms with van der Waals surface area (Å²) in [6, 6.07) is 6.34. The number of aromatic nitrogens is 2. The maximum absolute atomic E-state index is 5.42. The van der Waals surface area contributed by atoms with Gasteiger partial charge in [0.25, 0.3) is 5.89 Å². The summed E-state index contributed by atoms with van der Waals surface area (Å²) in [7, 11) is 0. The summed E-state index contributed by atoms with van der Waals surface area (Å²) in [6.07, 6.45) is 3.51. The number of hydrogen-bond donors (Lipinski definition) is 1. The average molecular weight is 273 g/mol. The Hall–Kier alpha value is -1.49. The largest absolute Gasteiger partial charge is 0.384 e. The van der Waals surface area contributed by atoms with Crippen LogP contribution in [0.2, 0.25) is 0 Å². The van der Waals surface area contributed by atoms with Gasteiger partial charge >= 0.3 is 0 Å². The first-order valence-corrected chi connectivity index (χ1v) is 7.77. The molecular weight excluding hydrogens is 258 g/mol. The summed E-state index contributed by atoms with van der Waals surface area (Å²) >= 11 is 1.93. The maximum atomic E-state index is 5.42. The van der Waals surface area contributed by atoms with Gasteiger partial charge in [0.15, 0.2) is 5.82 Å². The van der Waals surface area contributed by atoms with Crippen LogP contribution in [0.15, 0.2) is 22.7 Å². The quantitative estimate of drug-likeness (QED) is 0.910. The fourth-order valence-corrected chi connectivity index (χ4v) is 3.88. The molecule has 3 heterocycles. The van der Waals surface area contributed by atoms with Crippen LogP contribution in [-0.2, 0) is 6.42 Å². The molecule has 5 heteroatoms. The first-order valence-electron chi connectivity index (χ1n) is 6.72. The van der Waals surface area contributed by atoms with Crippen LogP contribution in [0.3, 0.4) is 0 Å². The van der Waals surface area contributed by atoms with Crippen molar-refractivity contribution in [2.75, 3.05) is 17.6 Å². The van der Waals surface area contributed by atoms with Crippen molar-refractivity contribution in [2.24, 2.45) is 0 Å². The van der Waals surface area contributed by atoms with E-state index in [1.54, 1.807) is 0 Å². The Bertz CT molecular complexity index is 604. The Morgan fingerprint density at radius 3 is 3.26 bits per heavy atom. The third-order valence-corrected chi connectivity index (χ3v) is 5.10. The lowest BCUT2D eigenvalue weighted by molar-refractivity contribution is 0.421. The lowest BCUT2D eigenvalue weighted by Gasteiger charge is -2.01. The van der Waals surface area contributed by atoms with Crippen molar-refractivity contribution in [3.63, 3.8) is 0 Å². The van der Waals surface area contributed by atoms with Crippen molar-refractivity contribution in [3.05, 3.63) is 29.6 Å². The van der Waals surface area contributed by atoms with Crippen LogP contribution < -0.4 is 5.32 Å². The molecule has 2 aliphatic rings. The van der Waals surface area contributed by atoms with Crippen LogP contribution >= 0.6 is 11.8 Å². The third-order valence-electron chi connectivity index (χ3n) is 3.73. The van der Waals surface area contributed by atoms with E-state index in [0.29, 0.717) is 11.1 Å². The van der Waals surface area contributed by atoms with Crippen molar-refractivity contribution >= 4 is 17.4 Å². The second-order valence-corrected chi connectivity index (χ2v) is 6.32. The van der Waals surface area contributed by atoms with Crippen LogP contribution in [0, 0.1) is 0 Å². The molecule has 1 aromatic heterocycles. The number of hydrogen-bond acceptors (Lipinski definition) is 5. The second kappa shape index (κ2) is 4.56. The predicted molar refractivity (Wildman–Crippen MR) is 76.4 cm³/mol. The Balaban J connectivity index is 1.65. The van der Waals surface area contributed by atoms with Gasteiger partial charge in [-0.05, 0) is 42.7 Å². The molecule has 98 valence electrons. The van der Waals surface area contributed by atoms with Gasteiger partial charge in [0.2, 0.25) is 0 Å². The highest BCUT2D eigenvalue weighted by Gasteiger charge is 2.23. The summed E-state index contributed by atoms with van der Waals surface area (Å²) < 4.78 is 5.42. The molecule has 0 amide bonds. The Labute approximate surface area is 116 Å². The molecule has 1 unspecified atom stereocenters. The molecule has 0 aliphatic carbocycles. The van der Waals surface area contributed by atoms with E-state index in [9.17, 15) is 0 Å². The van der Waals surface area contributed by atoms with Gasteiger partial charge in [-0.15, -0.1) is 0 Å². The highest BCUT2D eigenvalue weighted by Crippen LogP contribution is 2.39. The van der Waals surface area contributed by atoms with Crippen molar-refractivity contribution < 1.29 is 4.52 Å². The van der Waals surface area contributed by atoms with Crippen molar-refractivity contribution in [1.82, 2.24) is 10.1 Å². The minimum absolute atomic E-state index is 0.421. The minimum atomic E-state index is 0.421. The van der Waals surface area contributed by atoms with Gasteiger partial charge in [0, 0.05) is 17.8 Å². The molecule has 2 aromatic rings. The molecule has 1 aromatic carbocycles. The minimum Gasteiger partial charge on any atom is -0.384 e. The zero-order valence-electron chi connectivity index (χ0n) is 10.6.